The molecule has 0 bridgehead atoms. The van der Waals surface area contributed by atoms with Crippen molar-refractivity contribution < 1.29 is 13.0 Å². The molecule has 0 aliphatic heterocycles. The molecule has 0 fully saturated rings. The van der Waals surface area contributed by atoms with E-state index in [1.807, 2.05) is 26.0 Å². The Bertz CT molecular complexity index is 443. The highest BCUT2D eigenvalue weighted by Gasteiger charge is 2.05. The van der Waals surface area contributed by atoms with Gasteiger partial charge in [0.2, 0.25) is 0 Å². The lowest BCUT2D eigenvalue weighted by molar-refractivity contribution is 0.481. The van der Waals surface area contributed by atoms with E-state index in [0.717, 1.165) is 17.0 Å². The Morgan fingerprint density at radius 2 is 1.94 bits per heavy atom. The summed E-state index contributed by atoms with van der Waals surface area (Å²) in [6, 6.07) is 3.84. The molecule has 92 valence electrons. The Morgan fingerprint density at radius 3 is 2.44 bits per heavy atom. The van der Waals surface area contributed by atoms with Crippen molar-refractivity contribution >= 4 is 10.1 Å². The van der Waals surface area contributed by atoms with Crippen LogP contribution in [0.2, 0.25) is 0 Å². The van der Waals surface area contributed by atoms with Crippen LogP contribution in [-0.4, -0.2) is 23.7 Å². The first kappa shape index (κ1) is 15.0. The number of aromatic nitrogens is 1. The van der Waals surface area contributed by atoms with Gasteiger partial charge >= 0.3 is 0 Å². The van der Waals surface area contributed by atoms with E-state index in [1.54, 1.807) is 0 Å². The van der Waals surface area contributed by atoms with Crippen molar-refractivity contribution in [1.82, 2.24) is 11.1 Å². The lowest BCUT2D eigenvalue weighted by atomic mass is 10.1. The van der Waals surface area contributed by atoms with Gasteiger partial charge in [-0.05, 0) is 38.3 Å². The Labute approximate surface area is 96.2 Å². The number of pyridine rings is 1. The summed E-state index contributed by atoms with van der Waals surface area (Å²) >= 11 is 0. The van der Waals surface area contributed by atoms with Crippen LogP contribution in [0.4, 0.5) is 0 Å². The maximum Gasteiger partial charge on any atom is 0.264 e. The summed E-state index contributed by atoms with van der Waals surface area (Å²) < 4.78 is 29.6. The molecular formula is C10H18N2O3S. The molecule has 1 aromatic rings. The number of hydrogen-bond donors (Lipinski definition) is 2. The zero-order valence-electron chi connectivity index (χ0n) is 9.60. The van der Waals surface area contributed by atoms with Crippen molar-refractivity contribution in [3.63, 3.8) is 0 Å². The minimum absolute atomic E-state index is 0. The van der Waals surface area contributed by atoms with Crippen LogP contribution in [0.15, 0.2) is 12.1 Å². The van der Waals surface area contributed by atoms with Crippen LogP contribution in [-0.2, 0) is 16.5 Å². The van der Waals surface area contributed by atoms with Crippen molar-refractivity contribution in [2.75, 3.05) is 5.75 Å². The molecule has 6 heteroatoms. The molecule has 1 rings (SSSR count). The summed E-state index contributed by atoms with van der Waals surface area (Å²) in [6.07, 6.45) is 1.04. The summed E-state index contributed by atoms with van der Waals surface area (Å²) in [5.74, 6) is -0.194. The van der Waals surface area contributed by atoms with Gasteiger partial charge in [-0.3, -0.25) is 9.54 Å². The van der Waals surface area contributed by atoms with E-state index in [2.05, 4.69) is 4.98 Å². The second-order valence-corrected chi connectivity index (χ2v) is 5.16. The molecule has 0 saturated heterocycles. The molecule has 0 spiro atoms. The Kier molecular flexibility index (Phi) is 5.57. The lowest BCUT2D eigenvalue weighted by Gasteiger charge is -2.04. The fourth-order valence-corrected chi connectivity index (χ4v) is 1.93. The highest BCUT2D eigenvalue weighted by molar-refractivity contribution is 7.85. The number of nitrogens with zero attached hydrogens (tertiary/aromatic N) is 1. The fourth-order valence-electron chi connectivity index (χ4n) is 1.42. The molecule has 0 atom stereocenters. The molecule has 4 N–H and O–H groups in total. The van der Waals surface area contributed by atoms with Gasteiger partial charge in [0.25, 0.3) is 10.1 Å². The van der Waals surface area contributed by atoms with Crippen LogP contribution >= 0.6 is 0 Å². The highest BCUT2D eigenvalue weighted by atomic mass is 32.2. The second kappa shape index (κ2) is 5.93. The third kappa shape index (κ3) is 5.20. The molecular weight excluding hydrogens is 228 g/mol. The molecule has 1 aromatic heterocycles. The van der Waals surface area contributed by atoms with Crippen LogP contribution in [0.25, 0.3) is 0 Å². The molecule has 1 heterocycles. The monoisotopic (exact) mass is 246 g/mol. The number of hydrogen-bond acceptors (Lipinski definition) is 4. The van der Waals surface area contributed by atoms with Gasteiger partial charge in [-0.25, -0.2) is 0 Å². The Morgan fingerprint density at radius 1 is 1.31 bits per heavy atom. The summed E-state index contributed by atoms with van der Waals surface area (Å²) in [6.45, 7) is 3.81. The first-order valence-electron chi connectivity index (χ1n) is 4.77. The van der Waals surface area contributed by atoms with Gasteiger partial charge in [0.1, 0.15) is 0 Å². The van der Waals surface area contributed by atoms with Gasteiger partial charge in [-0.15, -0.1) is 0 Å². The summed E-state index contributed by atoms with van der Waals surface area (Å²) in [7, 11) is -3.84. The van der Waals surface area contributed by atoms with Crippen molar-refractivity contribution in [1.29, 1.82) is 0 Å². The van der Waals surface area contributed by atoms with Crippen molar-refractivity contribution in [3.05, 3.63) is 29.1 Å². The van der Waals surface area contributed by atoms with Gasteiger partial charge in [0.05, 0.1) is 5.75 Å². The average Bonchev–Trinajstić information content (AvgIpc) is 2.07. The first-order chi connectivity index (χ1) is 6.88. The van der Waals surface area contributed by atoms with Crippen molar-refractivity contribution in [2.45, 2.75) is 26.7 Å². The second-order valence-electron chi connectivity index (χ2n) is 3.59. The summed E-state index contributed by atoms with van der Waals surface area (Å²) in [4.78, 5) is 4.28. The van der Waals surface area contributed by atoms with Gasteiger partial charge in [-0.2, -0.15) is 8.42 Å². The molecule has 5 nitrogen and oxygen atoms in total. The van der Waals surface area contributed by atoms with Crippen molar-refractivity contribution in [2.24, 2.45) is 0 Å². The van der Waals surface area contributed by atoms with Crippen LogP contribution < -0.4 is 6.15 Å². The van der Waals surface area contributed by atoms with E-state index in [9.17, 15) is 8.42 Å². The van der Waals surface area contributed by atoms with Crippen LogP contribution in [0, 0.1) is 13.8 Å². The third-order valence-electron chi connectivity index (χ3n) is 2.18. The van der Waals surface area contributed by atoms with E-state index in [4.69, 9.17) is 4.55 Å². The molecule has 0 aliphatic rings. The number of rotatable bonds is 4. The largest absolute Gasteiger partial charge is 0.344 e. The first-order valence-corrected chi connectivity index (χ1v) is 6.38. The standard InChI is InChI=1S/C10H15NO3S.H3N/c1-8-5-6-10(9(2)11-8)4-3-7-15(12,13)14;/h5-6H,3-4,7H2,1-2H3,(H,12,13,14);1H3. The maximum atomic E-state index is 10.5. The predicted molar refractivity (Wildman–Crippen MR) is 63.5 cm³/mol. The average molecular weight is 246 g/mol. The third-order valence-corrected chi connectivity index (χ3v) is 2.99. The molecule has 0 radical (unpaired) electrons. The van der Waals surface area contributed by atoms with E-state index < -0.39 is 10.1 Å². The molecule has 0 saturated carbocycles. The van der Waals surface area contributed by atoms with Gasteiger partial charge in [0, 0.05) is 11.4 Å². The zero-order valence-corrected chi connectivity index (χ0v) is 10.4. The molecule has 0 aromatic carbocycles. The van der Waals surface area contributed by atoms with E-state index in [1.165, 1.54) is 0 Å². The van der Waals surface area contributed by atoms with Gasteiger partial charge in [0.15, 0.2) is 0 Å². The smallest absolute Gasteiger partial charge is 0.264 e. The fraction of sp³-hybridized carbons (Fsp3) is 0.500. The predicted octanol–water partition coefficient (Wildman–Crippen LogP) is 1.68. The molecule has 0 amide bonds. The number of aryl methyl sites for hydroxylation is 3. The van der Waals surface area contributed by atoms with E-state index in [-0.39, 0.29) is 11.9 Å². The Balaban J connectivity index is 0.00000225. The van der Waals surface area contributed by atoms with E-state index >= 15 is 0 Å². The summed E-state index contributed by atoms with van der Waals surface area (Å²) in [5.41, 5.74) is 2.90. The molecule has 0 unspecified atom stereocenters. The Hall–Kier alpha value is -0.980. The van der Waals surface area contributed by atoms with E-state index in [0.29, 0.717) is 12.8 Å². The quantitative estimate of drug-likeness (QED) is 0.787. The SMILES string of the molecule is Cc1ccc(CCCS(=O)(=O)O)c(C)n1.N. The minimum atomic E-state index is -3.84. The topological polar surface area (TPSA) is 102 Å². The van der Waals surface area contributed by atoms with Crippen LogP contribution in [0.1, 0.15) is 23.4 Å². The molecule has 0 aliphatic carbocycles. The highest BCUT2D eigenvalue weighted by Crippen LogP contribution is 2.09. The zero-order chi connectivity index (χ0) is 11.5. The maximum absolute atomic E-state index is 10.5. The van der Waals surface area contributed by atoms with Gasteiger partial charge < -0.3 is 6.15 Å². The lowest BCUT2D eigenvalue weighted by Crippen LogP contribution is -2.05. The summed E-state index contributed by atoms with van der Waals surface area (Å²) in [5, 5.41) is 0. The van der Waals surface area contributed by atoms with Crippen LogP contribution in [0.5, 0.6) is 0 Å². The minimum Gasteiger partial charge on any atom is -0.344 e. The van der Waals surface area contributed by atoms with Crippen LogP contribution in [0.3, 0.4) is 0 Å². The van der Waals surface area contributed by atoms with Gasteiger partial charge in [-0.1, -0.05) is 6.07 Å². The van der Waals surface area contributed by atoms with Crippen molar-refractivity contribution in [3.8, 4) is 0 Å². The molecule has 16 heavy (non-hydrogen) atoms. The normalized spacial score (nSPS) is 10.9.